The first kappa shape index (κ1) is 16.9. The van der Waals surface area contributed by atoms with Crippen molar-refractivity contribution in [2.75, 3.05) is 39.6 Å². The summed E-state index contributed by atoms with van der Waals surface area (Å²) in [6, 6.07) is 3.16. The molecule has 0 aliphatic carbocycles. The molecule has 6 heteroatoms. The second kappa shape index (κ2) is 7.70. The first-order valence-electron chi connectivity index (χ1n) is 7.49. The SMILES string of the molecule is COc1cc(N)c(Cl)cc1C(=O)N(C)CCC1CCOCC1. The first-order chi connectivity index (χ1) is 10.5. The summed E-state index contributed by atoms with van der Waals surface area (Å²) >= 11 is 6.03. The van der Waals surface area contributed by atoms with Crippen molar-refractivity contribution in [2.45, 2.75) is 19.3 Å². The summed E-state index contributed by atoms with van der Waals surface area (Å²) in [6.45, 7) is 2.35. The standard InChI is InChI=1S/C16H23ClN2O3/c1-19(6-3-11-4-7-22-8-5-11)16(20)12-9-13(17)14(18)10-15(12)21-2/h9-11H,3-8,18H2,1-2H3. The maximum atomic E-state index is 12.6. The van der Waals surface area contributed by atoms with Gasteiger partial charge < -0.3 is 20.1 Å². The Morgan fingerprint density at radius 3 is 2.77 bits per heavy atom. The molecule has 1 aliphatic rings. The van der Waals surface area contributed by atoms with Gasteiger partial charge in [-0.1, -0.05) is 11.6 Å². The van der Waals surface area contributed by atoms with Gasteiger partial charge in [0.15, 0.2) is 0 Å². The lowest BCUT2D eigenvalue weighted by Crippen LogP contribution is -2.30. The Labute approximate surface area is 136 Å². The lowest BCUT2D eigenvalue weighted by molar-refractivity contribution is 0.0583. The van der Waals surface area contributed by atoms with E-state index < -0.39 is 0 Å². The Bertz CT molecular complexity index is 530. The van der Waals surface area contributed by atoms with Crippen LogP contribution >= 0.6 is 11.6 Å². The molecule has 1 fully saturated rings. The monoisotopic (exact) mass is 326 g/mol. The van der Waals surface area contributed by atoms with Crippen molar-refractivity contribution >= 4 is 23.2 Å². The molecule has 2 rings (SSSR count). The van der Waals surface area contributed by atoms with Gasteiger partial charge >= 0.3 is 0 Å². The molecule has 1 aromatic rings. The summed E-state index contributed by atoms with van der Waals surface area (Å²) in [5.41, 5.74) is 6.59. The van der Waals surface area contributed by atoms with Crippen LogP contribution in [0.2, 0.25) is 5.02 Å². The number of methoxy groups -OCH3 is 1. The molecule has 22 heavy (non-hydrogen) atoms. The van der Waals surface area contributed by atoms with Gasteiger partial charge in [-0.2, -0.15) is 0 Å². The predicted octanol–water partition coefficient (Wildman–Crippen LogP) is 2.82. The lowest BCUT2D eigenvalue weighted by Gasteiger charge is -2.25. The van der Waals surface area contributed by atoms with Gasteiger partial charge in [0.05, 0.1) is 23.4 Å². The summed E-state index contributed by atoms with van der Waals surface area (Å²) < 4.78 is 10.6. The highest BCUT2D eigenvalue weighted by atomic mass is 35.5. The van der Waals surface area contributed by atoms with Gasteiger partial charge in [-0.15, -0.1) is 0 Å². The number of amides is 1. The van der Waals surface area contributed by atoms with Crippen molar-refractivity contribution in [3.8, 4) is 5.75 Å². The lowest BCUT2D eigenvalue weighted by atomic mass is 9.96. The van der Waals surface area contributed by atoms with E-state index in [0.29, 0.717) is 34.5 Å². The fourth-order valence-corrected chi connectivity index (χ4v) is 2.79. The van der Waals surface area contributed by atoms with E-state index in [2.05, 4.69) is 0 Å². The number of nitrogens with two attached hydrogens (primary N) is 1. The number of anilines is 1. The smallest absolute Gasteiger partial charge is 0.257 e. The van der Waals surface area contributed by atoms with Crippen LogP contribution in [0.4, 0.5) is 5.69 Å². The van der Waals surface area contributed by atoms with Crippen LogP contribution in [0, 0.1) is 5.92 Å². The maximum absolute atomic E-state index is 12.6. The highest BCUT2D eigenvalue weighted by Gasteiger charge is 2.20. The summed E-state index contributed by atoms with van der Waals surface area (Å²) in [6.07, 6.45) is 3.12. The van der Waals surface area contributed by atoms with Crippen LogP contribution in [0.15, 0.2) is 12.1 Å². The zero-order chi connectivity index (χ0) is 16.1. The molecule has 1 heterocycles. The van der Waals surface area contributed by atoms with E-state index in [1.54, 1.807) is 24.1 Å². The first-order valence-corrected chi connectivity index (χ1v) is 7.87. The largest absolute Gasteiger partial charge is 0.496 e. The second-order valence-electron chi connectivity index (χ2n) is 5.65. The number of nitrogens with zero attached hydrogens (tertiary/aromatic N) is 1. The topological polar surface area (TPSA) is 64.8 Å². The van der Waals surface area contributed by atoms with Gasteiger partial charge in [0.1, 0.15) is 5.75 Å². The van der Waals surface area contributed by atoms with Gasteiger partial charge in [0.25, 0.3) is 5.91 Å². The van der Waals surface area contributed by atoms with E-state index in [-0.39, 0.29) is 5.91 Å². The average Bonchev–Trinajstić information content (AvgIpc) is 2.55. The maximum Gasteiger partial charge on any atom is 0.257 e. The molecule has 0 atom stereocenters. The van der Waals surface area contributed by atoms with E-state index in [0.717, 1.165) is 32.5 Å². The average molecular weight is 327 g/mol. The van der Waals surface area contributed by atoms with E-state index in [1.165, 1.54) is 7.11 Å². The Balaban J connectivity index is 2.02. The third-order valence-electron chi connectivity index (χ3n) is 4.11. The van der Waals surface area contributed by atoms with Crippen molar-refractivity contribution in [1.29, 1.82) is 0 Å². The van der Waals surface area contributed by atoms with Crippen molar-refractivity contribution in [3.63, 3.8) is 0 Å². The van der Waals surface area contributed by atoms with Crippen molar-refractivity contribution in [2.24, 2.45) is 5.92 Å². The van der Waals surface area contributed by atoms with Crippen LogP contribution in [0.1, 0.15) is 29.6 Å². The Morgan fingerprint density at radius 2 is 2.14 bits per heavy atom. The molecule has 0 unspecified atom stereocenters. The molecule has 0 bridgehead atoms. The van der Waals surface area contributed by atoms with Crippen LogP contribution in [0.3, 0.4) is 0 Å². The zero-order valence-electron chi connectivity index (χ0n) is 13.1. The summed E-state index contributed by atoms with van der Waals surface area (Å²) in [7, 11) is 3.31. The molecule has 0 saturated carbocycles. The normalized spacial score (nSPS) is 15.6. The van der Waals surface area contributed by atoms with Crippen molar-refractivity contribution in [1.82, 2.24) is 4.90 Å². The third-order valence-corrected chi connectivity index (χ3v) is 4.44. The second-order valence-corrected chi connectivity index (χ2v) is 6.05. The van der Waals surface area contributed by atoms with Crippen LogP contribution in [0.5, 0.6) is 5.75 Å². The summed E-state index contributed by atoms with van der Waals surface area (Å²) in [4.78, 5) is 14.3. The molecule has 0 aromatic heterocycles. The molecule has 1 amide bonds. The quantitative estimate of drug-likeness (QED) is 0.845. The zero-order valence-corrected chi connectivity index (χ0v) is 13.9. The minimum Gasteiger partial charge on any atom is -0.496 e. The van der Waals surface area contributed by atoms with Crippen molar-refractivity contribution < 1.29 is 14.3 Å². The molecule has 122 valence electrons. The van der Waals surface area contributed by atoms with Gasteiger partial charge in [-0.3, -0.25) is 4.79 Å². The summed E-state index contributed by atoms with van der Waals surface area (Å²) in [5.74, 6) is 0.969. The Kier molecular flexibility index (Phi) is 5.91. The highest BCUT2D eigenvalue weighted by molar-refractivity contribution is 6.33. The number of ether oxygens (including phenoxy) is 2. The fraction of sp³-hybridized carbons (Fsp3) is 0.562. The number of halogens is 1. The molecule has 2 N–H and O–H groups in total. The minimum atomic E-state index is -0.106. The van der Waals surface area contributed by atoms with Crippen LogP contribution in [0.25, 0.3) is 0 Å². The molecule has 1 aromatic carbocycles. The van der Waals surface area contributed by atoms with E-state index in [4.69, 9.17) is 26.8 Å². The van der Waals surface area contributed by atoms with E-state index in [9.17, 15) is 4.79 Å². The minimum absolute atomic E-state index is 0.106. The van der Waals surface area contributed by atoms with Crippen LogP contribution in [-0.2, 0) is 4.74 Å². The predicted molar refractivity (Wildman–Crippen MR) is 87.5 cm³/mol. The van der Waals surface area contributed by atoms with Crippen LogP contribution < -0.4 is 10.5 Å². The molecule has 0 spiro atoms. The van der Waals surface area contributed by atoms with E-state index in [1.807, 2.05) is 0 Å². The van der Waals surface area contributed by atoms with Gasteiger partial charge in [0.2, 0.25) is 0 Å². The Hall–Kier alpha value is -1.46. The van der Waals surface area contributed by atoms with Crippen molar-refractivity contribution in [3.05, 3.63) is 22.7 Å². The van der Waals surface area contributed by atoms with Gasteiger partial charge in [-0.25, -0.2) is 0 Å². The number of hydrogen-bond acceptors (Lipinski definition) is 4. The number of carbonyl (C=O) groups is 1. The number of benzene rings is 1. The summed E-state index contributed by atoms with van der Waals surface area (Å²) in [5, 5.41) is 0.363. The molecule has 0 radical (unpaired) electrons. The molecule has 1 aliphatic heterocycles. The highest BCUT2D eigenvalue weighted by Crippen LogP contribution is 2.29. The van der Waals surface area contributed by atoms with Gasteiger partial charge in [-0.05, 0) is 31.2 Å². The molecule has 1 saturated heterocycles. The van der Waals surface area contributed by atoms with Gasteiger partial charge in [0, 0.05) is 32.9 Å². The Morgan fingerprint density at radius 1 is 1.45 bits per heavy atom. The molecule has 5 nitrogen and oxygen atoms in total. The number of hydrogen-bond donors (Lipinski definition) is 1. The van der Waals surface area contributed by atoms with E-state index >= 15 is 0 Å². The fourth-order valence-electron chi connectivity index (χ4n) is 2.62. The third kappa shape index (κ3) is 4.05. The number of carbonyl (C=O) groups excluding carboxylic acids is 1. The molecular weight excluding hydrogens is 304 g/mol. The number of rotatable bonds is 5. The molecular formula is C16H23ClN2O3. The van der Waals surface area contributed by atoms with Crippen LogP contribution in [-0.4, -0.2) is 44.7 Å². The number of nitrogen functional groups attached to an aromatic ring is 1.